The molecule has 28 aromatic rings. The van der Waals surface area contributed by atoms with E-state index in [0.717, 1.165) is 134 Å². The summed E-state index contributed by atoms with van der Waals surface area (Å²) in [4.78, 5) is 23.2. The monoisotopic (exact) mass is 1470 g/mol. The van der Waals surface area contributed by atoms with Crippen LogP contribution in [0.15, 0.2) is 352 Å². The van der Waals surface area contributed by atoms with Gasteiger partial charge in [0.2, 0.25) is 0 Å². The van der Waals surface area contributed by atoms with Crippen molar-refractivity contribution in [1.82, 2.24) is 47.0 Å². The van der Waals surface area contributed by atoms with E-state index in [1.807, 2.05) is 0 Å². The number of benzene rings is 18. The summed E-state index contributed by atoms with van der Waals surface area (Å²) in [5.74, 6) is 2.29. The molecule has 0 aliphatic carbocycles. The maximum Gasteiger partial charge on any atom is 0.182 e. The summed E-state index contributed by atoms with van der Waals surface area (Å²) in [5.41, 5.74) is 24.1. The average molecular weight is 1470 g/mol. The third-order valence-corrected chi connectivity index (χ3v) is 25.7. The van der Waals surface area contributed by atoms with Gasteiger partial charge in [-0.25, -0.2) is 19.9 Å². The van der Waals surface area contributed by atoms with Gasteiger partial charge >= 0.3 is 0 Å². The summed E-state index contributed by atoms with van der Waals surface area (Å²) < 4.78 is 14.7. The van der Waals surface area contributed by atoms with E-state index >= 15 is 0 Å². The van der Waals surface area contributed by atoms with Crippen LogP contribution in [-0.2, 0) is 0 Å². The van der Waals surface area contributed by atoms with Crippen LogP contribution in [0.2, 0.25) is 0 Å². The molecule has 10 heteroatoms. The number of hydrogen-bond donors (Lipinski definition) is 0. The SMILES string of the molecule is c1ccc(-n2c3cc(-c4ccc5c6cc7c(c8c9ccccc9ccc8n7-c7nc8ccccc8nc7-n7c8ccccc8c8c9ccccc9ccc87)c7c8ccccc8n(c5c4)c67)ccc3c3ccc(-c4nc5ccccc5nc4-n4c5ccc6ccccc6c5c5c6c7ccccc7n7c8ccccc8c(cc54)c67)cc32)cc1. The molecule has 0 aliphatic rings. The Hall–Kier alpha value is -15.8. The molecule has 0 N–H and O–H groups in total. The molecular formula is C106H58N10. The van der Waals surface area contributed by atoms with Gasteiger partial charge in [-0.15, -0.1) is 0 Å². The third-order valence-electron chi connectivity index (χ3n) is 25.7. The molecule has 0 radical (unpaired) electrons. The minimum atomic E-state index is 0.755. The second kappa shape index (κ2) is 22.1. The molecule has 0 bridgehead atoms. The van der Waals surface area contributed by atoms with Crippen molar-refractivity contribution in [1.29, 1.82) is 0 Å². The summed E-state index contributed by atoms with van der Waals surface area (Å²) in [6.07, 6.45) is 0. The van der Waals surface area contributed by atoms with Gasteiger partial charge < -0.3 is 13.4 Å². The van der Waals surface area contributed by atoms with E-state index in [1.54, 1.807) is 0 Å². The van der Waals surface area contributed by atoms with Gasteiger partial charge in [0, 0.05) is 97.4 Å². The highest BCUT2D eigenvalue weighted by atomic mass is 15.2. The smallest absolute Gasteiger partial charge is 0.182 e. The molecule has 0 fully saturated rings. The number of rotatable bonds is 6. The molecule has 10 nitrogen and oxygen atoms in total. The molecule has 0 amide bonds. The Kier molecular flexibility index (Phi) is 11.6. The van der Waals surface area contributed by atoms with Crippen molar-refractivity contribution in [3.63, 3.8) is 0 Å². The first-order valence-corrected chi connectivity index (χ1v) is 39.8. The molecule has 0 saturated carbocycles. The third kappa shape index (κ3) is 7.79. The quantitative estimate of drug-likeness (QED) is 0.166. The number of fused-ring (bicyclic) bond motifs is 34. The van der Waals surface area contributed by atoms with E-state index in [1.165, 1.54) is 130 Å². The molecule has 116 heavy (non-hydrogen) atoms. The van der Waals surface area contributed by atoms with Crippen LogP contribution in [-0.4, -0.2) is 47.0 Å². The van der Waals surface area contributed by atoms with E-state index in [-0.39, 0.29) is 0 Å². The molecule has 0 saturated heterocycles. The molecule has 10 aromatic heterocycles. The van der Waals surface area contributed by atoms with Crippen molar-refractivity contribution in [2.45, 2.75) is 0 Å². The van der Waals surface area contributed by atoms with Crippen molar-refractivity contribution in [3.8, 4) is 45.5 Å². The van der Waals surface area contributed by atoms with E-state index in [4.69, 9.17) is 19.9 Å². The summed E-state index contributed by atoms with van der Waals surface area (Å²) in [5, 5.41) is 26.2. The highest BCUT2D eigenvalue weighted by molar-refractivity contribution is 6.41. The van der Waals surface area contributed by atoms with Crippen molar-refractivity contribution in [2.75, 3.05) is 0 Å². The number of para-hydroxylation sites is 9. The molecule has 10 heterocycles. The summed E-state index contributed by atoms with van der Waals surface area (Å²) in [7, 11) is 0. The molecule has 0 aliphatic heterocycles. The predicted octanol–water partition coefficient (Wildman–Crippen LogP) is 27.1. The van der Waals surface area contributed by atoms with Gasteiger partial charge in [0.05, 0.1) is 99.3 Å². The molecule has 18 aromatic carbocycles. The van der Waals surface area contributed by atoms with Gasteiger partial charge in [-0.05, 0) is 153 Å². The standard InChI is InChI=1S/C106H58N10/c1-2-25-65(26-3-1)111-89-54-62(42-48-70(89)71-50-44-64(56-90(71)111)101-104(108-79-35-15-14-34-78(79)107-101)115-87-52-46-60-23-5-8-28-67(60)95(87)99-92(115)57-76-69-30-10-18-38-82(69)112-83-39-19-12-32-74(83)97(99)102(76)112)63-43-49-72-77-58-93-100(98-75-33-13-20-40-84(75)113(103(77)98)91(72)55-63)96-68-29-9-6-24-61(68)47-53-88(96)116(93)106-105(109-80-36-16-17-37-81(80)110-106)114-85-41-21-11-31-73(85)94-66-27-7-4-22-59(66)45-51-86(94)114/h1-58H. The van der Waals surface area contributed by atoms with Crippen LogP contribution in [0.1, 0.15) is 0 Å². The maximum atomic E-state index is 5.84. The molecule has 0 unspecified atom stereocenters. The lowest BCUT2D eigenvalue weighted by molar-refractivity contribution is 0.996. The van der Waals surface area contributed by atoms with Gasteiger partial charge in [-0.2, -0.15) is 0 Å². The van der Waals surface area contributed by atoms with E-state index < -0.39 is 0 Å². The molecule has 532 valence electrons. The molecule has 28 rings (SSSR count). The van der Waals surface area contributed by atoms with Crippen molar-refractivity contribution in [3.05, 3.63) is 352 Å². The van der Waals surface area contributed by atoms with Crippen LogP contribution >= 0.6 is 0 Å². The van der Waals surface area contributed by atoms with E-state index in [0.29, 0.717) is 0 Å². The molecule has 0 spiro atoms. The summed E-state index contributed by atoms with van der Waals surface area (Å²) in [6.45, 7) is 0. The first kappa shape index (κ1) is 61.0. The zero-order chi connectivity index (χ0) is 75.0. The Labute approximate surface area is 657 Å². The van der Waals surface area contributed by atoms with Crippen molar-refractivity contribution >= 4 is 218 Å². The Morgan fingerprint density at radius 3 is 1.06 bits per heavy atom. The first-order chi connectivity index (χ1) is 57.6. The van der Waals surface area contributed by atoms with E-state index in [2.05, 4.69) is 379 Å². The summed E-state index contributed by atoms with van der Waals surface area (Å²) >= 11 is 0. The Morgan fingerprint density at radius 2 is 0.526 bits per heavy atom. The van der Waals surface area contributed by atoms with Gasteiger partial charge in [-0.1, -0.05) is 243 Å². The zero-order valence-corrected chi connectivity index (χ0v) is 62.0. The van der Waals surface area contributed by atoms with E-state index in [9.17, 15) is 0 Å². The fourth-order valence-electron chi connectivity index (χ4n) is 21.0. The lowest BCUT2D eigenvalue weighted by atomic mass is 9.98. The zero-order valence-electron chi connectivity index (χ0n) is 62.0. The Bertz CT molecular complexity index is 9310. The molecule has 0 atom stereocenters. The highest BCUT2D eigenvalue weighted by Gasteiger charge is 2.32. The van der Waals surface area contributed by atoms with Gasteiger partial charge in [0.1, 0.15) is 5.69 Å². The lowest BCUT2D eigenvalue weighted by Gasteiger charge is -2.16. The van der Waals surface area contributed by atoms with Crippen molar-refractivity contribution in [2.24, 2.45) is 0 Å². The summed E-state index contributed by atoms with van der Waals surface area (Å²) in [6, 6.07) is 129. The predicted molar refractivity (Wildman–Crippen MR) is 483 cm³/mol. The van der Waals surface area contributed by atoms with Crippen molar-refractivity contribution < 1.29 is 0 Å². The normalized spacial score (nSPS) is 12.7. The Balaban J connectivity index is 0.671. The van der Waals surface area contributed by atoms with Gasteiger partial charge in [-0.3, -0.25) is 13.7 Å². The lowest BCUT2D eigenvalue weighted by Crippen LogP contribution is -2.09. The highest BCUT2D eigenvalue weighted by Crippen LogP contribution is 2.53. The second-order valence-electron chi connectivity index (χ2n) is 31.5. The second-order valence-corrected chi connectivity index (χ2v) is 31.5. The van der Waals surface area contributed by atoms with Crippen LogP contribution in [0.4, 0.5) is 0 Å². The topological polar surface area (TPSA) is 80.1 Å². The van der Waals surface area contributed by atoms with Crippen LogP contribution in [0.3, 0.4) is 0 Å². The fourth-order valence-corrected chi connectivity index (χ4v) is 21.0. The van der Waals surface area contributed by atoms with Crippen LogP contribution in [0, 0.1) is 0 Å². The number of hydrogen-bond acceptors (Lipinski definition) is 4. The van der Waals surface area contributed by atoms with Gasteiger partial charge in [0.25, 0.3) is 0 Å². The van der Waals surface area contributed by atoms with Crippen LogP contribution < -0.4 is 0 Å². The first-order valence-electron chi connectivity index (χ1n) is 39.8. The fraction of sp³-hybridized carbons (Fsp3) is 0. The minimum absolute atomic E-state index is 0.755. The number of nitrogens with zero attached hydrogens (tertiary/aromatic N) is 10. The largest absolute Gasteiger partial charge is 0.309 e. The van der Waals surface area contributed by atoms with Crippen LogP contribution in [0.5, 0.6) is 0 Å². The average Bonchev–Trinajstić information content (AvgIpc) is 1.52. The maximum absolute atomic E-state index is 5.84. The Morgan fingerprint density at radius 1 is 0.172 bits per heavy atom. The molecular weight excluding hydrogens is 1410 g/mol. The van der Waals surface area contributed by atoms with Crippen LogP contribution in [0.25, 0.3) is 263 Å². The van der Waals surface area contributed by atoms with Gasteiger partial charge in [0.15, 0.2) is 17.5 Å². The minimum Gasteiger partial charge on any atom is -0.309 e. The number of aromatic nitrogens is 10.